The summed E-state index contributed by atoms with van der Waals surface area (Å²) in [5.74, 6) is -0.959. The van der Waals surface area contributed by atoms with E-state index in [9.17, 15) is 9.59 Å². The lowest BCUT2D eigenvalue weighted by Gasteiger charge is -2.46. The van der Waals surface area contributed by atoms with E-state index in [1.54, 1.807) is 14.2 Å². The lowest BCUT2D eigenvalue weighted by Crippen LogP contribution is -2.41. The molecule has 1 fully saturated rings. The Morgan fingerprint density at radius 1 is 0.760 bits per heavy atom. The minimum atomic E-state index is -0.499. The zero-order valence-electron chi connectivity index (χ0n) is 13.8. The summed E-state index contributed by atoms with van der Waals surface area (Å²) in [6.07, 6.45) is 0. The number of esters is 2. The number of hydrogen-bond donors (Lipinski definition) is 0. The smallest absolute Gasteiger partial charge is 0.318 e. The van der Waals surface area contributed by atoms with E-state index in [1.807, 2.05) is 36.4 Å². The van der Waals surface area contributed by atoms with Gasteiger partial charge in [0.25, 0.3) is 0 Å². The first-order valence-electron chi connectivity index (χ1n) is 8.26. The third kappa shape index (κ3) is 1.63. The third-order valence-electron chi connectivity index (χ3n) is 5.79. The highest BCUT2D eigenvalue weighted by Crippen LogP contribution is 2.64. The summed E-state index contributed by atoms with van der Waals surface area (Å²) < 4.78 is 16.2. The van der Waals surface area contributed by atoms with Gasteiger partial charge in [-0.25, -0.2) is 0 Å². The summed E-state index contributed by atoms with van der Waals surface area (Å²) in [6, 6.07) is 11.7. The molecule has 5 heteroatoms. The standard InChI is InChI=1S/C20H16O5/c1-23-11-7-8-12(24-2)16-14-10-6-4-3-5-9(10)13(15(11)16)17-18(14)20(22)25-19(17)21/h3-8,13-14,17-18H,1-2H3/t13-,14+,17-,18+. The summed E-state index contributed by atoms with van der Waals surface area (Å²) in [4.78, 5) is 24.9. The van der Waals surface area contributed by atoms with Crippen LogP contribution in [0.1, 0.15) is 34.1 Å². The number of carbonyl (C=O) groups is 2. The molecule has 1 saturated heterocycles. The lowest BCUT2D eigenvalue weighted by molar-refractivity contribution is -0.153. The highest BCUT2D eigenvalue weighted by molar-refractivity contribution is 6.00. The average molecular weight is 336 g/mol. The van der Waals surface area contributed by atoms with E-state index < -0.39 is 23.8 Å². The maximum absolute atomic E-state index is 12.5. The number of benzene rings is 2. The van der Waals surface area contributed by atoms with Crippen molar-refractivity contribution < 1.29 is 23.8 Å². The first-order valence-corrected chi connectivity index (χ1v) is 8.26. The van der Waals surface area contributed by atoms with Crippen LogP contribution < -0.4 is 9.47 Å². The Balaban J connectivity index is 1.90. The monoisotopic (exact) mass is 336 g/mol. The van der Waals surface area contributed by atoms with Crippen molar-refractivity contribution in [3.05, 3.63) is 58.7 Å². The van der Waals surface area contributed by atoms with Gasteiger partial charge in [-0.1, -0.05) is 24.3 Å². The van der Waals surface area contributed by atoms with Crippen molar-refractivity contribution in [2.45, 2.75) is 11.8 Å². The quantitative estimate of drug-likeness (QED) is 0.623. The van der Waals surface area contributed by atoms with E-state index in [0.717, 1.165) is 22.3 Å². The summed E-state index contributed by atoms with van der Waals surface area (Å²) in [7, 11) is 3.23. The second-order valence-electron chi connectivity index (χ2n) is 6.67. The lowest BCUT2D eigenvalue weighted by atomic mass is 9.54. The van der Waals surface area contributed by atoms with Gasteiger partial charge in [-0.15, -0.1) is 0 Å². The number of rotatable bonds is 2. The number of hydrogen-bond acceptors (Lipinski definition) is 5. The molecular formula is C20H16O5. The molecule has 0 aromatic heterocycles. The van der Waals surface area contributed by atoms with E-state index in [-0.39, 0.29) is 11.8 Å². The molecule has 25 heavy (non-hydrogen) atoms. The van der Waals surface area contributed by atoms with Gasteiger partial charge in [0.05, 0.1) is 26.1 Å². The minimum absolute atomic E-state index is 0.259. The third-order valence-corrected chi connectivity index (χ3v) is 5.79. The average Bonchev–Trinajstić information content (AvgIpc) is 2.95. The molecule has 1 aliphatic heterocycles. The Morgan fingerprint density at radius 2 is 1.20 bits per heavy atom. The van der Waals surface area contributed by atoms with E-state index in [1.165, 1.54) is 0 Å². The molecule has 0 unspecified atom stereocenters. The summed E-state index contributed by atoms with van der Waals surface area (Å²) in [6.45, 7) is 0. The van der Waals surface area contributed by atoms with Crippen LogP contribution in [0.15, 0.2) is 36.4 Å². The number of methoxy groups -OCH3 is 2. The molecular weight excluding hydrogens is 320 g/mol. The van der Waals surface area contributed by atoms with Crippen LogP contribution in [0.25, 0.3) is 0 Å². The number of cyclic esters (lactones) is 2. The summed E-state index contributed by atoms with van der Waals surface area (Å²) >= 11 is 0. The minimum Gasteiger partial charge on any atom is -0.496 e. The van der Waals surface area contributed by atoms with Gasteiger partial charge in [0, 0.05) is 23.0 Å². The molecule has 0 radical (unpaired) electrons. The molecule has 0 N–H and O–H groups in total. The van der Waals surface area contributed by atoms with Gasteiger partial charge < -0.3 is 14.2 Å². The van der Waals surface area contributed by atoms with Crippen LogP contribution in [-0.2, 0) is 14.3 Å². The topological polar surface area (TPSA) is 61.8 Å². The fraction of sp³-hybridized carbons (Fsp3) is 0.300. The van der Waals surface area contributed by atoms with Crippen LogP contribution in [0.3, 0.4) is 0 Å². The van der Waals surface area contributed by atoms with Crippen molar-refractivity contribution in [3.8, 4) is 11.5 Å². The van der Waals surface area contributed by atoms with Crippen molar-refractivity contribution in [2.24, 2.45) is 11.8 Å². The highest BCUT2D eigenvalue weighted by Gasteiger charge is 2.62. The Hall–Kier alpha value is -2.82. The first kappa shape index (κ1) is 14.5. The van der Waals surface area contributed by atoms with Crippen LogP contribution in [0.2, 0.25) is 0 Å². The molecule has 1 heterocycles. The van der Waals surface area contributed by atoms with E-state index >= 15 is 0 Å². The zero-order chi connectivity index (χ0) is 17.3. The Labute approximate surface area is 144 Å². The number of ether oxygens (including phenoxy) is 3. The van der Waals surface area contributed by atoms with Crippen LogP contribution in [0.4, 0.5) is 0 Å². The summed E-state index contributed by atoms with van der Waals surface area (Å²) in [5, 5.41) is 0. The fourth-order valence-corrected chi connectivity index (χ4v) is 4.94. The van der Waals surface area contributed by atoms with Crippen LogP contribution in [-0.4, -0.2) is 26.2 Å². The molecule has 0 saturated carbocycles. The van der Waals surface area contributed by atoms with Crippen molar-refractivity contribution in [3.63, 3.8) is 0 Å². The highest BCUT2D eigenvalue weighted by atomic mass is 16.6. The zero-order valence-corrected chi connectivity index (χ0v) is 13.8. The molecule has 0 spiro atoms. The van der Waals surface area contributed by atoms with Gasteiger partial charge >= 0.3 is 11.9 Å². The molecule has 6 rings (SSSR count). The van der Waals surface area contributed by atoms with Crippen LogP contribution in [0.5, 0.6) is 11.5 Å². The maximum atomic E-state index is 12.5. The predicted molar refractivity (Wildman–Crippen MR) is 87.8 cm³/mol. The molecule has 3 aliphatic carbocycles. The van der Waals surface area contributed by atoms with Gasteiger partial charge in [0.15, 0.2) is 0 Å². The van der Waals surface area contributed by atoms with Crippen LogP contribution in [0, 0.1) is 11.8 Å². The molecule has 2 aromatic carbocycles. The summed E-state index contributed by atoms with van der Waals surface area (Å²) in [5.41, 5.74) is 4.02. The Morgan fingerprint density at radius 3 is 1.60 bits per heavy atom. The van der Waals surface area contributed by atoms with Crippen molar-refractivity contribution in [2.75, 3.05) is 14.2 Å². The van der Waals surface area contributed by atoms with Crippen molar-refractivity contribution >= 4 is 11.9 Å². The molecule has 4 atom stereocenters. The normalized spacial score (nSPS) is 28.1. The van der Waals surface area contributed by atoms with Gasteiger partial charge in [0.2, 0.25) is 0 Å². The molecule has 5 nitrogen and oxygen atoms in total. The molecule has 4 aliphatic rings. The SMILES string of the molecule is COc1ccc(OC)c2c1[C@H]1c3ccccc3[C@@H]2[C@@H]2C(=O)OC(=O)[C@H]12. The second-order valence-corrected chi connectivity index (χ2v) is 6.67. The molecule has 2 bridgehead atoms. The molecule has 0 amide bonds. The van der Waals surface area contributed by atoms with Crippen molar-refractivity contribution in [1.82, 2.24) is 0 Å². The molecule has 126 valence electrons. The largest absolute Gasteiger partial charge is 0.496 e. The fourth-order valence-electron chi connectivity index (χ4n) is 4.94. The van der Waals surface area contributed by atoms with Gasteiger partial charge in [0.1, 0.15) is 11.5 Å². The second kappa shape index (κ2) is 4.85. The van der Waals surface area contributed by atoms with Gasteiger partial charge in [-0.2, -0.15) is 0 Å². The van der Waals surface area contributed by atoms with Gasteiger partial charge in [-0.3, -0.25) is 9.59 Å². The Kier molecular flexibility index (Phi) is 2.82. The van der Waals surface area contributed by atoms with E-state index in [2.05, 4.69) is 0 Å². The number of carbonyl (C=O) groups excluding carboxylic acids is 2. The predicted octanol–water partition coefficient (Wildman–Crippen LogP) is 2.61. The van der Waals surface area contributed by atoms with Crippen molar-refractivity contribution in [1.29, 1.82) is 0 Å². The maximum Gasteiger partial charge on any atom is 0.318 e. The van der Waals surface area contributed by atoms with E-state index in [0.29, 0.717) is 11.5 Å². The van der Waals surface area contributed by atoms with Gasteiger partial charge in [-0.05, 0) is 23.3 Å². The first-order chi connectivity index (χ1) is 12.2. The molecule has 2 aromatic rings. The van der Waals surface area contributed by atoms with E-state index in [4.69, 9.17) is 14.2 Å². The van der Waals surface area contributed by atoms with Crippen LogP contribution >= 0.6 is 0 Å². The Bertz CT molecular complexity index is 858.